The molecule has 0 aromatic heterocycles. The minimum atomic E-state index is -1.49. The van der Waals surface area contributed by atoms with Gasteiger partial charge in [0.2, 0.25) is 0 Å². The van der Waals surface area contributed by atoms with Crippen molar-refractivity contribution in [3.05, 3.63) is 0 Å². The fraction of sp³-hybridized carbons (Fsp3) is 1.00. The highest BCUT2D eigenvalue weighted by molar-refractivity contribution is 5.85. The Hall–Kier alpha value is 0.0900. The molecule has 1 heterocycles. The summed E-state index contributed by atoms with van der Waals surface area (Å²) in [6, 6.07) is -0.535. The average molecular weight is 200 g/mol. The van der Waals surface area contributed by atoms with E-state index in [9.17, 15) is 10.2 Å². The standard InChI is InChI=1S/C6H13NO4.ClH/c8-1-4-5(10)6(11,3-9)2-7-4;/h4-5,7-11H,1-3H2;1H/t4-,5+,6-;/m1./s1. The molecule has 0 radical (unpaired) electrons. The summed E-state index contributed by atoms with van der Waals surface area (Å²) < 4.78 is 0. The molecule has 0 bridgehead atoms. The van der Waals surface area contributed by atoms with Gasteiger partial charge in [-0.05, 0) is 0 Å². The molecule has 6 heteroatoms. The minimum absolute atomic E-state index is 0. The zero-order chi connectivity index (χ0) is 8.48. The van der Waals surface area contributed by atoms with E-state index in [1.807, 2.05) is 0 Å². The largest absolute Gasteiger partial charge is 0.395 e. The third kappa shape index (κ3) is 1.87. The Morgan fingerprint density at radius 1 is 1.42 bits per heavy atom. The minimum Gasteiger partial charge on any atom is -0.395 e. The van der Waals surface area contributed by atoms with Gasteiger partial charge in [0, 0.05) is 6.54 Å². The van der Waals surface area contributed by atoms with Gasteiger partial charge < -0.3 is 25.7 Å². The number of nitrogens with one attached hydrogen (secondary N) is 1. The first-order valence-electron chi connectivity index (χ1n) is 3.49. The second-order valence-electron chi connectivity index (χ2n) is 2.88. The van der Waals surface area contributed by atoms with Crippen LogP contribution >= 0.6 is 12.4 Å². The van der Waals surface area contributed by atoms with Gasteiger partial charge >= 0.3 is 0 Å². The van der Waals surface area contributed by atoms with Crippen LogP contribution in [0.4, 0.5) is 0 Å². The lowest BCUT2D eigenvalue weighted by atomic mass is 9.98. The predicted molar refractivity (Wildman–Crippen MR) is 44.2 cm³/mol. The average Bonchev–Trinajstić information content (AvgIpc) is 2.31. The van der Waals surface area contributed by atoms with Gasteiger partial charge in [-0.2, -0.15) is 0 Å². The summed E-state index contributed by atoms with van der Waals surface area (Å²) in [7, 11) is 0. The van der Waals surface area contributed by atoms with Crippen LogP contribution in [0.5, 0.6) is 0 Å². The molecular formula is C6H14ClNO4. The predicted octanol–water partition coefficient (Wildman–Crippen LogP) is -2.54. The highest BCUT2D eigenvalue weighted by Crippen LogP contribution is 2.18. The van der Waals surface area contributed by atoms with Crippen LogP contribution in [0, 0.1) is 0 Å². The molecule has 12 heavy (non-hydrogen) atoms. The van der Waals surface area contributed by atoms with Crippen molar-refractivity contribution in [2.24, 2.45) is 0 Å². The topological polar surface area (TPSA) is 93.0 Å². The van der Waals surface area contributed by atoms with Gasteiger partial charge in [0.25, 0.3) is 0 Å². The summed E-state index contributed by atoms with van der Waals surface area (Å²) in [6.07, 6.45) is -1.10. The first-order chi connectivity index (χ1) is 5.14. The Balaban J connectivity index is 0.00000121. The van der Waals surface area contributed by atoms with Crippen LogP contribution in [0.1, 0.15) is 0 Å². The van der Waals surface area contributed by atoms with Crippen molar-refractivity contribution in [3.8, 4) is 0 Å². The molecule has 1 rings (SSSR count). The van der Waals surface area contributed by atoms with E-state index in [4.69, 9.17) is 10.2 Å². The summed E-state index contributed by atoms with van der Waals surface area (Å²) in [5.74, 6) is 0. The Morgan fingerprint density at radius 3 is 2.25 bits per heavy atom. The van der Waals surface area contributed by atoms with E-state index in [-0.39, 0.29) is 25.6 Å². The van der Waals surface area contributed by atoms with Crippen molar-refractivity contribution in [1.82, 2.24) is 5.32 Å². The molecule has 1 fully saturated rings. The monoisotopic (exact) mass is 199 g/mol. The molecular weight excluding hydrogens is 186 g/mol. The number of β-amino-alcohol motifs (C(OH)–C–C–N with tert-alkyl or cyclic N) is 1. The molecule has 74 valence electrons. The molecule has 0 aliphatic carbocycles. The zero-order valence-corrected chi connectivity index (χ0v) is 7.29. The zero-order valence-electron chi connectivity index (χ0n) is 6.47. The molecule has 1 aliphatic rings. The number of hydrogen-bond acceptors (Lipinski definition) is 5. The maximum absolute atomic E-state index is 9.40. The lowest BCUT2D eigenvalue weighted by molar-refractivity contribution is -0.0842. The van der Waals surface area contributed by atoms with E-state index in [0.29, 0.717) is 0 Å². The first kappa shape index (κ1) is 12.1. The van der Waals surface area contributed by atoms with Crippen LogP contribution in [0.3, 0.4) is 0 Å². The van der Waals surface area contributed by atoms with Crippen molar-refractivity contribution < 1.29 is 20.4 Å². The van der Waals surface area contributed by atoms with Gasteiger partial charge in [0.05, 0.1) is 19.3 Å². The molecule has 0 amide bonds. The fourth-order valence-electron chi connectivity index (χ4n) is 1.21. The van der Waals surface area contributed by atoms with Crippen molar-refractivity contribution in [3.63, 3.8) is 0 Å². The molecule has 0 aromatic rings. The molecule has 1 saturated heterocycles. The van der Waals surface area contributed by atoms with E-state index < -0.39 is 24.4 Å². The molecule has 0 saturated carbocycles. The number of aliphatic hydroxyl groups is 4. The van der Waals surface area contributed by atoms with Gasteiger partial charge in [0.1, 0.15) is 11.7 Å². The van der Waals surface area contributed by atoms with Crippen molar-refractivity contribution in [1.29, 1.82) is 0 Å². The highest BCUT2D eigenvalue weighted by Gasteiger charge is 2.45. The van der Waals surface area contributed by atoms with Crippen LogP contribution in [0.15, 0.2) is 0 Å². The third-order valence-electron chi connectivity index (χ3n) is 2.07. The summed E-state index contributed by atoms with van der Waals surface area (Å²) in [6.45, 7) is -0.642. The van der Waals surface area contributed by atoms with E-state index in [1.165, 1.54) is 0 Å². The molecule has 0 aromatic carbocycles. The highest BCUT2D eigenvalue weighted by atomic mass is 35.5. The van der Waals surface area contributed by atoms with Gasteiger partial charge in [-0.15, -0.1) is 12.4 Å². The number of hydrogen-bond donors (Lipinski definition) is 5. The summed E-state index contributed by atoms with van der Waals surface area (Å²) >= 11 is 0. The Morgan fingerprint density at radius 2 is 2.00 bits per heavy atom. The maximum atomic E-state index is 9.40. The van der Waals surface area contributed by atoms with Crippen LogP contribution in [0.2, 0.25) is 0 Å². The normalized spacial score (nSPS) is 41.0. The van der Waals surface area contributed by atoms with Gasteiger partial charge in [-0.1, -0.05) is 0 Å². The van der Waals surface area contributed by atoms with Gasteiger partial charge in [-0.25, -0.2) is 0 Å². The Labute approximate surface area is 76.4 Å². The molecule has 0 spiro atoms. The molecule has 1 aliphatic heterocycles. The fourth-order valence-corrected chi connectivity index (χ4v) is 1.21. The molecule has 0 unspecified atom stereocenters. The SMILES string of the molecule is Cl.OC[C@H]1NC[C@@](O)(CO)[C@H]1O. The lowest BCUT2D eigenvalue weighted by Crippen LogP contribution is -2.47. The summed E-state index contributed by atoms with van der Waals surface area (Å²) in [5, 5.41) is 38.7. The molecule has 3 atom stereocenters. The molecule has 5 N–H and O–H groups in total. The summed E-state index contributed by atoms with van der Waals surface area (Å²) in [5.41, 5.74) is -1.49. The van der Waals surface area contributed by atoms with E-state index in [2.05, 4.69) is 5.32 Å². The smallest absolute Gasteiger partial charge is 0.127 e. The van der Waals surface area contributed by atoms with Crippen LogP contribution in [-0.4, -0.2) is 57.9 Å². The number of halogens is 1. The lowest BCUT2D eigenvalue weighted by Gasteiger charge is -2.24. The van der Waals surface area contributed by atoms with E-state index in [0.717, 1.165) is 0 Å². The quantitative estimate of drug-likeness (QED) is 0.338. The number of aliphatic hydroxyl groups excluding tert-OH is 3. The third-order valence-corrected chi connectivity index (χ3v) is 2.07. The summed E-state index contributed by atoms with van der Waals surface area (Å²) in [4.78, 5) is 0. The van der Waals surface area contributed by atoms with Crippen molar-refractivity contribution >= 4 is 12.4 Å². The Bertz CT molecular complexity index is 148. The van der Waals surface area contributed by atoms with Crippen LogP contribution < -0.4 is 5.32 Å². The van der Waals surface area contributed by atoms with E-state index in [1.54, 1.807) is 0 Å². The number of rotatable bonds is 2. The second kappa shape index (κ2) is 4.36. The maximum Gasteiger partial charge on any atom is 0.127 e. The first-order valence-corrected chi connectivity index (χ1v) is 3.49. The Kier molecular flexibility index (Phi) is 4.39. The van der Waals surface area contributed by atoms with Crippen molar-refractivity contribution in [2.75, 3.05) is 19.8 Å². The van der Waals surface area contributed by atoms with Crippen LogP contribution in [0.25, 0.3) is 0 Å². The second-order valence-corrected chi connectivity index (χ2v) is 2.88. The van der Waals surface area contributed by atoms with Gasteiger partial charge in [0.15, 0.2) is 0 Å². The van der Waals surface area contributed by atoms with E-state index >= 15 is 0 Å². The van der Waals surface area contributed by atoms with Crippen molar-refractivity contribution in [2.45, 2.75) is 17.7 Å². The molecule has 5 nitrogen and oxygen atoms in total. The van der Waals surface area contributed by atoms with Crippen LogP contribution in [-0.2, 0) is 0 Å². The van der Waals surface area contributed by atoms with Gasteiger partial charge in [-0.3, -0.25) is 0 Å².